The number of benzene rings is 1. The highest BCUT2D eigenvalue weighted by Crippen LogP contribution is 2.21. The van der Waals surface area contributed by atoms with Gasteiger partial charge < -0.3 is 9.84 Å². The molecule has 0 fully saturated rings. The van der Waals surface area contributed by atoms with Gasteiger partial charge >= 0.3 is 5.97 Å². The summed E-state index contributed by atoms with van der Waals surface area (Å²) >= 11 is 0. The van der Waals surface area contributed by atoms with Crippen molar-refractivity contribution in [3.05, 3.63) is 53.2 Å². The van der Waals surface area contributed by atoms with E-state index >= 15 is 0 Å². The third-order valence-corrected chi connectivity index (χ3v) is 2.98. The first kappa shape index (κ1) is 14.1. The number of aromatic carboxylic acids is 1. The summed E-state index contributed by atoms with van der Waals surface area (Å²) in [5.41, 5.74) is 1.90. The number of carbonyl (C=O) groups is 1. The zero-order valence-electron chi connectivity index (χ0n) is 11.6. The molecular formula is C16H17NO3. The lowest BCUT2D eigenvalue weighted by Gasteiger charge is -2.07. The monoisotopic (exact) mass is 271 g/mol. The van der Waals surface area contributed by atoms with Crippen LogP contribution in [0.15, 0.2) is 36.4 Å². The lowest BCUT2D eigenvalue weighted by atomic mass is 10.1. The van der Waals surface area contributed by atoms with Gasteiger partial charge in [-0.05, 0) is 37.1 Å². The minimum Gasteiger partial charge on any atom is -0.478 e. The Morgan fingerprint density at radius 2 is 1.90 bits per heavy atom. The van der Waals surface area contributed by atoms with Gasteiger partial charge in [-0.2, -0.15) is 0 Å². The summed E-state index contributed by atoms with van der Waals surface area (Å²) in [5.74, 6) is 0.112. The van der Waals surface area contributed by atoms with E-state index in [1.54, 1.807) is 13.0 Å². The number of hydrogen-bond donors (Lipinski definition) is 1. The lowest BCUT2D eigenvalue weighted by Crippen LogP contribution is -2.02. The minimum atomic E-state index is -0.981. The summed E-state index contributed by atoms with van der Waals surface area (Å²) < 4.78 is 5.62. The third-order valence-electron chi connectivity index (χ3n) is 2.98. The van der Waals surface area contributed by atoms with Crippen molar-refractivity contribution in [3.63, 3.8) is 0 Å². The quantitative estimate of drug-likeness (QED) is 0.897. The lowest BCUT2D eigenvalue weighted by molar-refractivity contribution is 0.0695. The molecule has 0 unspecified atom stereocenters. The smallest absolute Gasteiger partial charge is 0.337 e. The van der Waals surface area contributed by atoms with E-state index in [9.17, 15) is 4.79 Å². The molecule has 1 aromatic heterocycles. The van der Waals surface area contributed by atoms with Gasteiger partial charge in [0.2, 0.25) is 5.88 Å². The molecule has 20 heavy (non-hydrogen) atoms. The van der Waals surface area contributed by atoms with Crippen LogP contribution in [-0.4, -0.2) is 16.1 Å². The first-order valence-electron chi connectivity index (χ1n) is 6.58. The van der Waals surface area contributed by atoms with Crippen LogP contribution in [0.25, 0.3) is 0 Å². The predicted octanol–water partition coefficient (Wildman–Crippen LogP) is 3.83. The van der Waals surface area contributed by atoms with Gasteiger partial charge in [0, 0.05) is 6.07 Å². The maximum atomic E-state index is 10.9. The van der Waals surface area contributed by atoms with Crippen LogP contribution in [0.1, 0.15) is 35.0 Å². The Morgan fingerprint density at radius 1 is 1.20 bits per heavy atom. The molecule has 0 aliphatic heterocycles. The largest absolute Gasteiger partial charge is 0.478 e. The average Bonchev–Trinajstić information content (AvgIpc) is 2.41. The number of carboxylic acid groups (broad SMARTS) is 1. The molecule has 0 aliphatic carbocycles. The molecule has 4 nitrogen and oxygen atoms in total. The van der Waals surface area contributed by atoms with Crippen molar-refractivity contribution in [3.8, 4) is 11.6 Å². The SMILES string of the molecule is CCCc1ccc(Oc2ccc(C(=O)O)c(C)n2)cc1. The van der Waals surface area contributed by atoms with Crippen molar-refractivity contribution in [2.45, 2.75) is 26.7 Å². The van der Waals surface area contributed by atoms with Gasteiger partial charge in [0.15, 0.2) is 0 Å². The molecule has 2 rings (SSSR count). The Kier molecular flexibility index (Phi) is 4.35. The molecule has 0 saturated heterocycles. The van der Waals surface area contributed by atoms with E-state index in [1.165, 1.54) is 11.6 Å². The molecule has 104 valence electrons. The Morgan fingerprint density at radius 3 is 2.45 bits per heavy atom. The van der Waals surface area contributed by atoms with E-state index in [1.807, 2.05) is 24.3 Å². The maximum Gasteiger partial charge on any atom is 0.337 e. The second kappa shape index (κ2) is 6.19. The number of aromatic nitrogens is 1. The van der Waals surface area contributed by atoms with E-state index in [0.29, 0.717) is 17.3 Å². The average molecular weight is 271 g/mol. The minimum absolute atomic E-state index is 0.190. The predicted molar refractivity (Wildman–Crippen MR) is 76.4 cm³/mol. The summed E-state index contributed by atoms with van der Waals surface area (Å²) in [6.45, 7) is 3.79. The van der Waals surface area contributed by atoms with Crippen molar-refractivity contribution in [1.82, 2.24) is 4.98 Å². The second-order valence-electron chi connectivity index (χ2n) is 4.58. The first-order chi connectivity index (χ1) is 9.60. The van der Waals surface area contributed by atoms with E-state index < -0.39 is 5.97 Å². The van der Waals surface area contributed by atoms with Gasteiger partial charge in [0.05, 0.1) is 11.3 Å². The van der Waals surface area contributed by atoms with Gasteiger partial charge in [-0.3, -0.25) is 0 Å². The maximum absolute atomic E-state index is 10.9. The zero-order chi connectivity index (χ0) is 14.5. The number of carboxylic acids is 1. The molecule has 0 spiro atoms. The van der Waals surface area contributed by atoms with Gasteiger partial charge in [0.1, 0.15) is 5.75 Å². The van der Waals surface area contributed by atoms with Gasteiger partial charge in [-0.15, -0.1) is 0 Å². The number of pyridine rings is 1. The molecule has 0 aliphatic rings. The molecular weight excluding hydrogens is 254 g/mol. The number of ether oxygens (including phenoxy) is 1. The van der Waals surface area contributed by atoms with Crippen LogP contribution in [0.5, 0.6) is 11.6 Å². The summed E-state index contributed by atoms with van der Waals surface area (Å²) in [7, 11) is 0. The summed E-state index contributed by atoms with van der Waals surface area (Å²) in [6.07, 6.45) is 2.16. The first-order valence-corrected chi connectivity index (χ1v) is 6.58. The molecule has 1 aromatic carbocycles. The van der Waals surface area contributed by atoms with E-state index in [4.69, 9.17) is 9.84 Å². The van der Waals surface area contributed by atoms with Gasteiger partial charge in [0.25, 0.3) is 0 Å². The Hall–Kier alpha value is -2.36. The number of hydrogen-bond acceptors (Lipinski definition) is 3. The normalized spacial score (nSPS) is 10.3. The van der Waals surface area contributed by atoms with Crippen LogP contribution >= 0.6 is 0 Å². The zero-order valence-corrected chi connectivity index (χ0v) is 11.6. The highest BCUT2D eigenvalue weighted by Gasteiger charge is 2.09. The van der Waals surface area contributed by atoms with E-state index in [0.717, 1.165) is 12.8 Å². The number of rotatable bonds is 5. The van der Waals surface area contributed by atoms with Crippen LogP contribution in [0.3, 0.4) is 0 Å². The fourth-order valence-corrected chi connectivity index (χ4v) is 1.95. The molecule has 1 heterocycles. The van der Waals surface area contributed by atoms with E-state index in [2.05, 4.69) is 11.9 Å². The van der Waals surface area contributed by atoms with Crippen molar-refractivity contribution >= 4 is 5.97 Å². The molecule has 1 N–H and O–H groups in total. The van der Waals surface area contributed by atoms with Crippen LogP contribution in [-0.2, 0) is 6.42 Å². The third kappa shape index (κ3) is 3.35. The highest BCUT2D eigenvalue weighted by molar-refractivity contribution is 5.88. The Balaban J connectivity index is 2.13. The van der Waals surface area contributed by atoms with Crippen molar-refractivity contribution < 1.29 is 14.6 Å². The summed E-state index contributed by atoms with van der Waals surface area (Å²) in [5, 5.41) is 8.95. The van der Waals surface area contributed by atoms with Crippen LogP contribution in [0.4, 0.5) is 0 Å². The Bertz CT molecular complexity index is 606. The molecule has 4 heteroatoms. The molecule has 0 radical (unpaired) electrons. The van der Waals surface area contributed by atoms with Gasteiger partial charge in [-0.25, -0.2) is 9.78 Å². The van der Waals surface area contributed by atoms with Crippen molar-refractivity contribution in [1.29, 1.82) is 0 Å². The second-order valence-corrected chi connectivity index (χ2v) is 4.58. The van der Waals surface area contributed by atoms with Crippen LogP contribution in [0.2, 0.25) is 0 Å². The molecule has 0 atom stereocenters. The van der Waals surface area contributed by atoms with Crippen LogP contribution < -0.4 is 4.74 Å². The standard InChI is InChI=1S/C16H17NO3/c1-3-4-12-5-7-13(8-6-12)20-15-10-9-14(16(18)19)11(2)17-15/h5-10H,3-4H2,1-2H3,(H,18,19). The fraction of sp³-hybridized carbons (Fsp3) is 0.250. The highest BCUT2D eigenvalue weighted by atomic mass is 16.5. The number of aryl methyl sites for hydroxylation is 2. The summed E-state index contributed by atoms with van der Waals surface area (Å²) in [6, 6.07) is 10.9. The summed E-state index contributed by atoms with van der Waals surface area (Å²) in [4.78, 5) is 15.1. The number of nitrogens with zero attached hydrogens (tertiary/aromatic N) is 1. The molecule has 2 aromatic rings. The van der Waals surface area contributed by atoms with Gasteiger partial charge in [-0.1, -0.05) is 25.5 Å². The topological polar surface area (TPSA) is 59.4 Å². The van der Waals surface area contributed by atoms with E-state index in [-0.39, 0.29) is 5.56 Å². The fourth-order valence-electron chi connectivity index (χ4n) is 1.95. The molecule has 0 saturated carbocycles. The van der Waals surface area contributed by atoms with Crippen molar-refractivity contribution in [2.24, 2.45) is 0 Å². The van der Waals surface area contributed by atoms with Crippen LogP contribution in [0, 0.1) is 6.92 Å². The molecule has 0 bridgehead atoms. The molecule has 0 amide bonds. The van der Waals surface area contributed by atoms with Crippen molar-refractivity contribution in [2.75, 3.05) is 0 Å². The Labute approximate surface area is 118 Å².